The minimum Gasteiger partial charge on any atom is -0.477 e. The van der Waals surface area contributed by atoms with Crippen LogP contribution in [0.3, 0.4) is 0 Å². The van der Waals surface area contributed by atoms with Crippen LogP contribution in [0.2, 0.25) is 0 Å². The molecule has 1 fully saturated rings. The number of carbonyl (C=O) groups is 1. The normalized spacial score (nSPS) is 21.0. The Hall–Kier alpha value is -1.71. The number of carbonyl (C=O) groups excluding carboxylic acids is 1. The first-order valence-electron chi connectivity index (χ1n) is 7.06. The predicted molar refractivity (Wildman–Crippen MR) is 74.3 cm³/mol. The van der Waals surface area contributed by atoms with Crippen LogP contribution in [0.4, 0.5) is 5.69 Å². The Bertz CT molecular complexity index is 471. The van der Waals surface area contributed by atoms with Gasteiger partial charge in [-0.05, 0) is 37.8 Å². The zero-order valence-corrected chi connectivity index (χ0v) is 11.3. The fraction of sp³-hybridized carbons (Fsp3) is 0.533. The molecular formula is C15H20N2O2. The van der Waals surface area contributed by atoms with E-state index in [0.29, 0.717) is 12.5 Å². The molecule has 1 heterocycles. The van der Waals surface area contributed by atoms with Crippen LogP contribution in [0.25, 0.3) is 0 Å². The second-order valence-electron chi connectivity index (χ2n) is 5.30. The zero-order valence-electron chi connectivity index (χ0n) is 11.3. The van der Waals surface area contributed by atoms with E-state index >= 15 is 0 Å². The van der Waals surface area contributed by atoms with Crippen molar-refractivity contribution in [2.75, 3.05) is 25.0 Å². The molecule has 0 saturated heterocycles. The first kappa shape index (κ1) is 12.3. The van der Waals surface area contributed by atoms with Gasteiger partial charge in [-0.15, -0.1) is 0 Å². The van der Waals surface area contributed by atoms with Gasteiger partial charge in [0, 0.05) is 13.1 Å². The highest BCUT2D eigenvalue weighted by Gasteiger charge is 2.32. The monoisotopic (exact) mass is 260 g/mol. The van der Waals surface area contributed by atoms with Gasteiger partial charge in [0.25, 0.3) is 5.91 Å². The molecule has 1 N–H and O–H groups in total. The molecular weight excluding hydrogens is 240 g/mol. The number of likely N-dealkylation sites (N-methyl/N-ethyl adjacent to an activating group) is 1. The Labute approximate surface area is 113 Å². The van der Waals surface area contributed by atoms with E-state index in [2.05, 4.69) is 5.32 Å². The molecule has 1 saturated carbocycles. The van der Waals surface area contributed by atoms with E-state index in [1.807, 2.05) is 36.1 Å². The smallest absolute Gasteiger partial charge is 0.265 e. The van der Waals surface area contributed by atoms with Gasteiger partial charge in [0.15, 0.2) is 6.10 Å². The van der Waals surface area contributed by atoms with Crippen LogP contribution in [-0.2, 0) is 4.79 Å². The van der Waals surface area contributed by atoms with Crippen molar-refractivity contribution in [3.05, 3.63) is 24.3 Å². The summed E-state index contributed by atoms with van der Waals surface area (Å²) in [5.74, 6) is 1.60. The SMILES string of the molecule is CCN(CC1CC1)C(=O)C1CNc2ccccc2O1. The Morgan fingerprint density at radius 3 is 2.95 bits per heavy atom. The standard InChI is InChI=1S/C15H20N2O2/c1-2-17(10-11-7-8-11)15(18)14-9-16-12-5-3-4-6-13(12)19-14/h3-6,11,14,16H,2,7-10H2,1H3. The molecule has 1 amide bonds. The molecule has 102 valence electrons. The Kier molecular flexibility index (Phi) is 3.32. The number of rotatable bonds is 4. The van der Waals surface area contributed by atoms with E-state index in [4.69, 9.17) is 4.74 Å². The van der Waals surface area contributed by atoms with E-state index < -0.39 is 6.10 Å². The number of anilines is 1. The highest BCUT2D eigenvalue weighted by atomic mass is 16.5. The van der Waals surface area contributed by atoms with Gasteiger partial charge in [0.1, 0.15) is 5.75 Å². The second kappa shape index (κ2) is 5.11. The molecule has 4 nitrogen and oxygen atoms in total. The van der Waals surface area contributed by atoms with Gasteiger partial charge in [0.2, 0.25) is 0 Å². The molecule has 1 aromatic rings. The van der Waals surface area contributed by atoms with Gasteiger partial charge < -0.3 is 15.0 Å². The summed E-state index contributed by atoms with van der Waals surface area (Å²) < 4.78 is 5.82. The summed E-state index contributed by atoms with van der Waals surface area (Å²) in [7, 11) is 0. The van der Waals surface area contributed by atoms with E-state index in [-0.39, 0.29) is 5.91 Å². The van der Waals surface area contributed by atoms with Gasteiger partial charge in [-0.2, -0.15) is 0 Å². The minimum absolute atomic E-state index is 0.108. The number of hydrogen-bond acceptors (Lipinski definition) is 3. The summed E-state index contributed by atoms with van der Waals surface area (Å²) in [6, 6.07) is 7.76. The first-order chi connectivity index (χ1) is 9.28. The van der Waals surface area contributed by atoms with Crippen LogP contribution < -0.4 is 10.1 Å². The molecule has 0 radical (unpaired) electrons. The van der Waals surface area contributed by atoms with Gasteiger partial charge >= 0.3 is 0 Å². The first-order valence-corrected chi connectivity index (χ1v) is 7.06. The van der Waals surface area contributed by atoms with Gasteiger partial charge in [-0.25, -0.2) is 0 Å². The molecule has 1 aliphatic carbocycles. The van der Waals surface area contributed by atoms with Crippen molar-refractivity contribution in [2.24, 2.45) is 5.92 Å². The highest BCUT2D eigenvalue weighted by Crippen LogP contribution is 2.31. The average Bonchev–Trinajstić information content (AvgIpc) is 3.27. The van der Waals surface area contributed by atoms with Crippen molar-refractivity contribution in [1.29, 1.82) is 0 Å². The molecule has 1 aromatic carbocycles. The quantitative estimate of drug-likeness (QED) is 0.901. The van der Waals surface area contributed by atoms with Crippen molar-refractivity contribution >= 4 is 11.6 Å². The van der Waals surface area contributed by atoms with Crippen molar-refractivity contribution < 1.29 is 9.53 Å². The van der Waals surface area contributed by atoms with Crippen molar-refractivity contribution in [3.63, 3.8) is 0 Å². The lowest BCUT2D eigenvalue weighted by Crippen LogP contribution is -2.47. The number of nitrogens with zero attached hydrogens (tertiary/aromatic N) is 1. The Morgan fingerprint density at radius 1 is 1.42 bits per heavy atom. The summed E-state index contributed by atoms with van der Waals surface area (Å²) >= 11 is 0. The summed E-state index contributed by atoms with van der Waals surface area (Å²) in [6.07, 6.45) is 2.13. The molecule has 2 aliphatic rings. The van der Waals surface area contributed by atoms with E-state index in [0.717, 1.165) is 24.5 Å². The molecule has 3 rings (SSSR count). The molecule has 1 atom stereocenters. The summed E-state index contributed by atoms with van der Waals surface area (Å²) in [4.78, 5) is 14.4. The summed E-state index contributed by atoms with van der Waals surface area (Å²) in [5, 5.41) is 3.27. The van der Waals surface area contributed by atoms with E-state index in [9.17, 15) is 4.79 Å². The van der Waals surface area contributed by atoms with Crippen LogP contribution in [0.5, 0.6) is 5.75 Å². The van der Waals surface area contributed by atoms with Crippen LogP contribution in [0.15, 0.2) is 24.3 Å². The lowest BCUT2D eigenvalue weighted by atomic mass is 10.2. The maximum absolute atomic E-state index is 12.5. The lowest BCUT2D eigenvalue weighted by Gasteiger charge is -2.30. The number of benzene rings is 1. The lowest BCUT2D eigenvalue weighted by molar-refractivity contribution is -0.138. The fourth-order valence-corrected chi connectivity index (χ4v) is 2.44. The van der Waals surface area contributed by atoms with Crippen LogP contribution in [0.1, 0.15) is 19.8 Å². The number of nitrogens with one attached hydrogen (secondary N) is 1. The number of amides is 1. The van der Waals surface area contributed by atoms with Crippen molar-refractivity contribution in [3.8, 4) is 5.75 Å². The minimum atomic E-state index is -0.395. The Morgan fingerprint density at radius 2 is 2.21 bits per heavy atom. The third-order valence-corrected chi connectivity index (χ3v) is 3.78. The highest BCUT2D eigenvalue weighted by molar-refractivity contribution is 5.83. The van der Waals surface area contributed by atoms with Crippen LogP contribution in [-0.4, -0.2) is 36.5 Å². The topological polar surface area (TPSA) is 41.6 Å². The van der Waals surface area contributed by atoms with Crippen molar-refractivity contribution in [1.82, 2.24) is 4.90 Å². The predicted octanol–water partition coefficient (Wildman–Crippen LogP) is 2.12. The molecule has 1 unspecified atom stereocenters. The third kappa shape index (κ3) is 2.67. The third-order valence-electron chi connectivity index (χ3n) is 3.78. The van der Waals surface area contributed by atoms with Crippen LogP contribution in [0, 0.1) is 5.92 Å². The molecule has 19 heavy (non-hydrogen) atoms. The van der Waals surface area contributed by atoms with Gasteiger partial charge in [0.05, 0.1) is 12.2 Å². The number of hydrogen-bond donors (Lipinski definition) is 1. The molecule has 0 aromatic heterocycles. The molecule has 0 bridgehead atoms. The maximum Gasteiger partial charge on any atom is 0.265 e. The fourth-order valence-electron chi connectivity index (χ4n) is 2.44. The number of ether oxygens (including phenoxy) is 1. The van der Waals surface area contributed by atoms with Gasteiger partial charge in [-0.1, -0.05) is 12.1 Å². The van der Waals surface area contributed by atoms with E-state index in [1.54, 1.807) is 0 Å². The van der Waals surface area contributed by atoms with Gasteiger partial charge in [-0.3, -0.25) is 4.79 Å². The summed E-state index contributed by atoms with van der Waals surface area (Å²) in [6.45, 7) is 4.23. The molecule has 0 spiro atoms. The van der Waals surface area contributed by atoms with E-state index in [1.165, 1.54) is 12.8 Å². The Balaban J connectivity index is 1.67. The summed E-state index contributed by atoms with van der Waals surface area (Å²) in [5.41, 5.74) is 0.969. The molecule has 4 heteroatoms. The average molecular weight is 260 g/mol. The second-order valence-corrected chi connectivity index (χ2v) is 5.30. The molecule has 1 aliphatic heterocycles. The van der Waals surface area contributed by atoms with Crippen LogP contribution >= 0.6 is 0 Å². The number of para-hydroxylation sites is 2. The number of fused-ring (bicyclic) bond motifs is 1. The maximum atomic E-state index is 12.5. The van der Waals surface area contributed by atoms with Crippen molar-refractivity contribution in [2.45, 2.75) is 25.9 Å². The largest absolute Gasteiger partial charge is 0.477 e. The zero-order chi connectivity index (χ0) is 13.2.